The van der Waals surface area contributed by atoms with E-state index in [0.717, 1.165) is 0 Å². The highest BCUT2D eigenvalue weighted by molar-refractivity contribution is 7.89. The molecule has 0 amide bonds. The number of hydrogen-bond acceptors (Lipinski definition) is 6. The predicted octanol–water partition coefficient (Wildman–Crippen LogP) is 0.0630. The molecule has 0 bridgehead atoms. The van der Waals surface area contributed by atoms with E-state index < -0.39 is 10.0 Å². The maximum Gasteiger partial charge on any atom is 0.259 e. The lowest BCUT2D eigenvalue weighted by Gasteiger charge is -2.10. The van der Waals surface area contributed by atoms with Crippen molar-refractivity contribution in [2.24, 2.45) is 7.05 Å². The molecule has 2 aromatic heterocycles. The number of anilines is 1. The number of aromatic nitrogens is 4. The molecule has 0 radical (unpaired) electrons. The third kappa shape index (κ3) is 3.56. The summed E-state index contributed by atoms with van der Waals surface area (Å²) in [7, 11) is 1.73. The van der Waals surface area contributed by atoms with Crippen LogP contribution in [-0.2, 0) is 23.6 Å². The molecule has 21 heavy (non-hydrogen) atoms. The second-order valence-corrected chi connectivity index (χ2v) is 6.52. The van der Waals surface area contributed by atoms with Gasteiger partial charge in [-0.05, 0) is 13.0 Å². The van der Waals surface area contributed by atoms with Crippen LogP contribution < -0.4 is 9.62 Å². The van der Waals surface area contributed by atoms with Crippen molar-refractivity contribution in [1.29, 1.82) is 0 Å². The topological polar surface area (TPSA) is 93.0 Å². The Balaban J connectivity index is 2.13. The molecule has 0 aromatic carbocycles. The highest BCUT2D eigenvalue weighted by Crippen LogP contribution is 2.09. The van der Waals surface area contributed by atoms with Gasteiger partial charge in [-0.15, -0.1) is 0 Å². The van der Waals surface area contributed by atoms with Crippen molar-refractivity contribution in [3.8, 4) is 0 Å². The van der Waals surface area contributed by atoms with Gasteiger partial charge >= 0.3 is 0 Å². The average molecular weight is 310 g/mol. The normalized spacial score (nSPS) is 11.6. The van der Waals surface area contributed by atoms with Crippen molar-refractivity contribution in [1.82, 2.24) is 24.2 Å². The monoisotopic (exact) mass is 310 g/mol. The molecule has 0 aliphatic rings. The smallest absolute Gasteiger partial charge is 0.259 e. The summed E-state index contributed by atoms with van der Waals surface area (Å²) in [6.45, 7) is 1.83. The van der Waals surface area contributed by atoms with E-state index in [1.807, 2.05) is 14.1 Å². The molecule has 114 valence electrons. The predicted molar refractivity (Wildman–Crippen MR) is 78.3 cm³/mol. The van der Waals surface area contributed by atoms with Crippen LogP contribution >= 0.6 is 0 Å². The van der Waals surface area contributed by atoms with Gasteiger partial charge in [0.2, 0.25) is 5.95 Å². The number of rotatable bonds is 5. The maximum absolute atomic E-state index is 12.1. The number of nitrogens with zero attached hydrogens (tertiary/aromatic N) is 5. The van der Waals surface area contributed by atoms with Crippen LogP contribution in [-0.4, -0.2) is 42.0 Å². The molecule has 0 unspecified atom stereocenters. The maximum atomic E-state index is 12.1. The highest BCUT2D eigenvalue weighted by Gasteiger charge is 2.18. The Morgan fingerprint density at radius 1 is 1.33 bits per heavy atom. The van der Waals surface area contributed by atoms with E-state index >= 15 is 0 Å². The fourth-order valence-corrected chi connectivity index (χ4v) is 2.63. The summed E-state index contributed by atoms with van der Waals surface area (Å²) >= 11 is 0. The fourth-order valence-electron chi connectivity index (χ4n) is 1.60. The summed E-state index contributed by atoms with van der Waals surface area (Å²) in [6, 6.07) is 1.67. The zero-order chi connectivity index (χ0) is 15.6. The molecular weight excluding hydrogens is 292 g/mol. The fraction of sp³-hybridized carbons (Fsp3) is 0.417. The standard InChI is InChI=1S/C12H18N6O2S/c1-9-15-11(8-18(9)4)21(19,20)14-7-10-5-6-13-12(16-10)17(2)3/h5-6,8,14H,7H2,1-4H3. The Morgan fingerprint density at radius 2 is 2.05 bits per heavy atom. The second-order valence-electron chi connectivity index (χ2n) is 4.80. The van der Waals surface area contributed by atoms with Crippen LogP contribution in [0.2, 0.25) is 0 Å². The van der Waals surface area contributed by atoms with Crippen molar-refractivity contribution in [3.05, 3.63) is 30.0 Å². The first kappa shape index (κ1) is 15.4. The van der Waals surface area contributed by atoms with Crippen molar-refractivity contribution < 1.29 is 8.42 Å². The first-order chi connectivity index (χ1) is 9.79. The van der Waals surface area contributed by atoms with Crippen LogP contribution in [0.25, 0.3) is 0 Å². The molecule has 0 saturated carbocycles. The largest absolute Gasteiger partial charge is 0.347 e. The Hall–Kier alpha value is -2.00. The second kappa shape index (κ2) is 5.78. The summed E-state index contributed by atoms with van der Waals surface area (Å²) in [5.74, 6) is 1.16. The summed E-state index contributed by atoms with van der Waals surface area (Å²) in [6.07, 6.45) is 3.07. The van der Waals surface area contributed by atoms with Gasteiger partial charge in [-0.3, -0.25) is 0 Å². The molecule has 2 rings (SSSR count). The van der Waals surface area contributed by atoms with Gasteiger partial charge in [-0.25, -0.2) is 28.1 Å². The van der Waals surface area contributed by atoms with Crippen molar-refractivity contribution in [2.45, 2.75) is 18.5 Å². The van der Waals surface area contributed by atoms with Crippen LogP contribution in [0.5, 0.6) is 0 Å². The van der Waals surface area contributed by atoms with E-state index in [4.69, 9.17) is 0 Å². The minimum atomic E-state index is -3.65. The summed E-state index contributed by atoms with van der Waals surface area (Å²) in [5.41, 5.74) is 0.588. The molecule has 2 aromatic rings. The molecule has 0 spiro atoms. The number of imidazole rings is 1. The molecule has 1 N–H and O–H groups in total. The highest BCUT2D eigenvalue weighted by atomic mass is 32.2. The zero-order valence-corrected chi connectivity index (χ0v) is 13.2. The van der Waals surface area contributed by atoms with Gasteiger partial charge in [0.15, 0.2) is 5.03 Å². The Bertz CT molecular complexity index is 718. The quantitative estimate of drug-likeness (QED) is 0.839. The summed E-state index contributed by atoms with van der Waals surface area (Å²) in [5, 5.41) is 0.00406. The van der Waals surface area contributed by atoms with Gasteiger partial charge in [0.05, 0.1) is 12.2 Å². The van der Waals surface area contributed by atoms with E-state index in [1.54, 1.807) is 35.7 Å². The minimum Gasteiger partial charge on any atom is -0.347 e. The SMILES string of the molecule is Cc1nc(S(=O)(=O)NCc2ccnc(N(C)C)n2)cn1C. The Labute approximate surface area is 123 Å². The first-order valence-electron chi connectivity index (χ1n) is 6.28. The third-order valence-corrected chi connectivity index (χ3v) is 4.18. The zero-order valence-electron chi connectivity index (χ0n) is 12.4. The van der Waals surface area contributed by atoms with Crippen LogP contribution in [0.3, 0.4) is 0 Å². The lowest BCUT2D eigenvalue weighted by molar-refractivity contribution is 0.577. The molecule has 0 atom stereocenters. The lowest BCUT2D eigenvalue weighted by Crippen LogP contribution is -2.24. The van der Waals surface area contributed by atoms with Crippen molar-refractivity contribution >= 4 is 16.0 Å². The molecule has 2 heterocycles. The Kier molecular flexibility index (Phi) is 4.24. The van der Waals surface area contributed by atoms with Crippen molar-refractivity contribution in [3.63, 3.8) is 0 Å². The Morgan fingerprint density at radius 3 is 2.62 bits per heavy atom. The van der Waals surface area contributed by atoms with Gasteiger partial charge in [0.1, 0.15) is 5.82 Å². The third-order valence-electron chi connectivity index (χ3n) is 2.91. The van der Waals surface area contributed by atoms with E-state index in [-0.39, 0.29) is 11.6 Å². The van der Waals surface area contributed by atoms with E-state index in [9.17, 15) is 8.42 Å². The molecule has 8 nitrogen and oxygen atoms in total. The van der Waals surface area contributed by atoms with Crippen LogP contribution in [0.4, 0.5) is 5.95 Å². The molecule has 0 aliphatic carbocycles. The molecular formula is C12H18N6O2S. The number of sulfonamides is 1. The van der Waals surface area contributed by atoms with Gasteiger partial charge in [-0.2, -0.15) is 0 Å². The molecule has 9 heteroatoms. The van der Waals surface area contributed by atoms with Crippen LogP contribution in [0.1, 0.15) is 11.5 Å². The van der Waals surface area contributed by atoms with E-state index in [1.165, 1.54) is 6.20 Å². The van der Waals surface area contributed by atoms with Gasteiger partial charge in [0, 0.05) is 33.5 Å². The van der Waals surface area contributed by atoms with Crippen LogP contribution in [0.15, 0.2) is 23.5 Å². The minimum absolute atomic E-state index is 0.00406. The van der Waals surface area contributed by atoms with E-state index in [2.05, 4.69) is 19.7 Å². The number of hydrogen-bond donors (Lipinski definition) is 1. The number of aryl methyl sites for hydroxylation is 2. The number of nitrogens with one attached hydrogen (secondary N) is 1. The van der Waals surface area contributed by atoms with Gasteiger partial charge in [0.25, 0.3) is 10.0 Å². The van der Waals surface area contributed by atoms with Gasteiger partial charge in [-0.1, -0.05) is 0 Å². The average Bonchev–Trinajstić information content (AvgIpc) is 2.78. The van der Waals surface area contributed by atoms with Crippen molar-refractivity contribution in [2.75, 3.05) is 19.0 Å². The van der Waals surface area contributed by atoms with E-state index in [0.29, 0.717) is 17.5 Å². The first-order valence-corrected chi connectivity index (χ1v) is 7.77. The molecule has 0 aliphatic heterocycles. The van der Waals surface area contributed by atoms with Gasteiger partial charge < -0.3 is 9.47 Å². The molecule has 0 saturated heterocycles. The lowest BCUT2D eigenvalue weighted by atomic mass is 10.4. The summed E-state index contributed by atoms with van der Waals surface area (Å²) < 4.78 is 28.4. The summed E-state index contributed by atoms with van der Waals surface area (Å²) in [4.78, 5) is 14.1. The molecule has 0 fully saturated rings. The van der Waals surface area contributed by atoms with Crippen LogP contribution in [0, 0.1) is 6.92 Å².